The first kappa shape index (κ1) is 16.7. The van der Waals surface area contributed by atoms with Gasteiger partial charge in [-0.3, -0.25) is 4.90 Å². The van der Waals surface area contributed by atoms with Crippen molar-refractivity contribution >= 4 is 11.3 Å². The molecule has 1 rings (SSSR count). The van der Waals surface area contributed by atoms with Crippen molar-refractivity contribution in [3.63, 3.8) is 0 Å². The Hall–Kier alpha value is -0.380. The Labute approximate surface area is 123 Å². The highest BCUT2D eigenvalue weighted by Crippen LogP contribution is 2.23. The van der Waals surface area contributed by atoms with E-state index in [0.717, 1.165) is 13.1 Å². The van der Waals surface area contributed by atoms with Gasteiger partial charge in [0, 0.05) is 18.6 Å². The van der Waals surface area contributed by atoms with Gasteiger partial charge in [-0.25, -0.2) is 0 Å². The van der Waals surface area contributed by atoms with Crippen molar-refractivity contribution in [3.8, 4) is 0 Å². The molecule has 1 atom stereocenters. The van der Waals surface area contributed by atoms with Crippen LogP contribution in [0.15, 0.2) is 16.8 Å². The molecule has 1 heterocycles. The second kappa shape index (κ2) is 8.72. The minimum atomic E-state index is 0.133. The number of unbranched alkanes of at least 4 members (excludes halogenated alkanes) is 4. The molecule has 0 saturated heterocycles. The van der Waals surface area contributed by atoms with Gasteiger partial charge in [-0.2, -0.15) is 11.3 Å². The van der Waals surface area contributed by atoms with E-state index in [1.165, 1.54) is 44.1 Å². The van der Waals surface area contributed by atoms with E-state index in [4.69, 9.17) is 5.73 Å². The van der Waals surface area contributed by atoms with Crippen molar-refractivity contribution in [2.24, 2.45) is 5.73 Å². The summed E-state index contributed by atoms with van der Waals surface area (Å²) in [6.07, 6.45) is 7.88. The van der Waals surface area contributed by atoms with Gasteiger partial charge in [0.05, 0.1) is 0 Å². The molecule has 0 spiro atoms. The third-order valence-electron chi connectivity index (χ3n) is 4.18. The molecule has 0 amide bonds. The fraction of sp³-hybridized carbons (Fsp3) is 0.750. The highest BCUT2D eigenvalue weighted by atomic mass is 32.1. The summed E-state index contributed by atoms with van der Waals surface area (Å²) >= 11 is 1.77. The standard InChI is InChI=1S/C16H30N2S/c1-4-5-6-7-8-10-16(2,14-17)18(3)12-15-9-11-19-13-15/h9,11,13H,4-8,10,12,14,17H2,1-3H3. The molecule has 19 heavy (non-hydrogen) atoms. The summed E-state index contributed by atoms with van der Waals surface area (Å²) in [7, 11) is 2.20. The maximum Gasteiger partial charge on any atom is 0.0304 e. The van der Waals surface area contributed by atoms with Crippen molar-refractivity contribution in [1.29, 1.82) is 0 Å². The summed E-state index contributed by atoms with van der Waals surface area (Å²) in [5.41, 5.74) is 7.57. The number of hydrogen-bond acceptors (Lipinski definition) is 3. The van der Waals surface area contributed by atoms with Crippen LogP contribution in [0.3, 0.4) is 0 Å². The Morgan fingerprint density at radius 1 is 1.26 bits per heavy atom. The summed E-state index contributed by atoms with van der Waals surface area (Å²) < 4.78 is 0. The number of rotatable bonds is 10. The minimum absolute atomic E-state index is 0.133. The highest BCUT2D eigenvalue weighted by molar-refractivity contribution is 7.07. The van der Waals surface area contributed by atoms with Crippen LogP contribution < -0.4 is 5.73 Å². The fourth-order valence-corrected chi connectivity index (χ4v) is 3.07. The lowest BCUT2D eigenvalue weighted by atomic mass is 9.92. The molecular weight excluding hydrogens is 252 g/mol. The molecule has 0 bridgehead atoms. The van der Waals surface area contributed by atoms with E-state index in [-0.39, 0.29) is 5.54 Å². The molecule has 0 aliphatic heterocycles. The fourth-order valence-electron chi connectivity index (χ4n) is 2.41. The number of likely N-dealkylation sites (N-methyl/N-ethyl adjacent to an activating group) is 1. The smallest absolute Gasteiger partial charge is 0.0304 e. The van der Waals surface area contributed by atoms with E-state index in [0.29, 0.717) is 0 Å². The van der Waals surface area contributed by atoms with Crippen molar-refractivity contribution in [1.82, 2.24) is 4.90 Å². The molecule has 110 valence electrons. The third kappa shape index (κ3) is 5.64. The van der Waals surface area contributed by atoms with Crippen LogP contribution in [0.5, 0.6) is 0 Å². The average Bonchev–Trinajstić information content (AvgIpc) is 2.91. The van der Waals surface area contributed by atoms with E-state index in [2.05, 4.69) is 42.6 Å². The van der Waals surface area contributed by atoms with Crippen molar-refractivity contribution in [2.75, 3.05) is 13.6 Å². The molecule has 0 aliphatic rings. The predicted octanol–water partition coefficient (Wildman–Crippen LogP) is 4.26. The lowest BCUT2D eigenvalue weighted by Crippen LogP contribution is -2.49. The minimum Gasteiger partial charge on any atom is -0.329 e. The first-order valence-corrected chi connectivity index (χ1v) is 8.49. The molecule has 0 fully saturated rings. The van der Waals surface area contributed by atoms with Crippen LogP contribution in [0.4, 0.5) is 0 Å². The number of hydrogen-bond donors (Lipinski definition) is 1. The topological polar surface area (TPSA) is 29.3 Å². The Morgan fingerprint density at radius 3 is 2.58 bits per heavy atom. The van der Waals surface area contributed by atoms with Gasteiger partial charge in [0.15, 0.2) is 0 Å². The molecule has 2 nitrogen and oxygen atoms in total. The first-order chi connectivity index (χ1) is 9.12. The zero-order chi connectivity index (χ0) is 14.1. The average molecular weight is 282 g/mol. The lowest BCUT2D eigenvalue weighted by Gasteiger charge is -2.38. The zero-order valence-electron chi connectivity index (χ0n) is 12.8. The molecule has 2 N–H and O–H groups in total. The monoisotopic (exact) mass is 282 g/mol. The summed E-state index contributed by atoms with van der Waals surface area (Å²) in [6, 6.07) is 2.21. The summed E-state index contributed by atoms with van der Waals surface area (Å²) in [5.74, 6) is 0. The normalized spacial score (nSPS) is 14.8. The quantitative estimate of drug-likeness (QED) is 0.650. The molecule has 1 aromatic heterocycles. The maximum atomic E-state index is 6.04. The summed E-state index contributed by atoms with van der Waals surface area (Å²) in [5, 5.41) is 4.38. The number of thiophene rings is 1. The van der Waals surface area contributed by atoms with E-state index in [1.54, 1.807) is 11.3 Å². The Morgan fingerprint density at radius 2 is 2.00 bits per heavy atom. The van der Waals surface area contributed by atoms with Gasteiger partial charge in [-0.15, -0.1) is 0 Å². The molecular formula is C16H30N2S. The van der Waals surface area contributed by atoms with Gasteiger partial charge in [-0.1, -0.05) is 39.0 Å². The van der Waals surface area contributed by atoms with Gasteiger partial charge >= 0.3 is 0 Å². The summed E-state index contributed by atoms with van der Waals surface area (Å²) in [6.45, 7) is 6.31. The van der Waals surface area contributed by atoms with Gasteiger partial charge < -0.3 is 5.73 Å². The second-order valence-corrected chi connectivity index (χ2v) is 6.63. The molecule has 1 aromatic rings. The Balaban J connectivity index is 2.39. The van der Waals surface area contributed by atoms with Crippen molar-refractivity contribution in [3.05, 3.63) is 22.4 Å². The van der Waals surface area contributed by atoms with Gasteiger partial charge in [-0.05, 0) is 42.8 Å². The Bertz CT molecular complexity index is 323. The van der Waals surface area contributed by atoms with Crippen LogP contribution in [0.2, 0.25) is 0 Å². The van der Waals surface area contributed by atoms with Crippen LogP contribution in [0, 0.1) is 0 Å². The van der Waals surface area contributed by atoms with Gasteiger partial charge in [0.1, 0.15) is 0 Å². The summed E-state index contributed by atoms with van der Waals surface area (Å²) in [4.78, 5) is 2.43. The van der Waals surface area contributed by atoms with Crippen LogP contribution in [0.25, 0.3) is 0 Å². The van der Waals surface area contributed by atoms with E-state index in [1.807, 2.05) is 0 Å². The van der Waals surface area contributed by atoms with Crippen LogP contribution >= 0.6 is 11.3 Å². The third-order valence-corrected chi connectivity index (χ3v) is 4.91. The predicted molar refractivity (Wildman–Crippen MR) is 86.6 cm³/mol. The van der Waals surface area contributed by atoms with Gasteiger partial charge in [0.25, 0.3) is 0 Å². The highest BCUT2D eigenvalue weighted by Gasteiger charge is 2.27. The molecule has 0 aromatic carbocycles. The van der Waals surface area contributed by atoms with Crippen molar-refractivity contribution < 1.29 is 0 Å². The molecule has 3 heteroatoms. The van der Waals surface area contributed by atoms with E-state index in [9.17, 15) is 0 Å². The van der Waals surface area contributed by atoms with Crippen LogP contribution in [0.1, 0.15) is 57.9 Å². The SMILES string of the molecule is CCCCCCCC(C)(CN)N(C)Cc1ccsc1. The number of nitrogens with zero attached hydrogens (tertiary/aromatic N) is 1. The van der Waals surface area contributed by atoms with E-state index >= 15 is 0 Å². The Kier molecular flexibility index (Phi) is 7.66. The van der Waals surface area contributed by atoms with Crippen molar-refractivity contribution in [2.45, 2.75) is 64.5 Å². The maximum absolute atomic E-state index is 6.04. The first-order valence-electron chi connectivity index (χ1n) is 7.55. The zero-order valence-corrected chi connectivity index (χ0v) is 13.6. The molecule has 0 aliphatic carbocycles. The van der Waals surface area contributed by atoms with Gasteiger partial charge in [0.2, 0.25) is 0 Å². The number of nitrogens with two attached hydrogens (primary N) is 1. The largest absolute Gasteiger partial charge is 0.329 e. The molecule has 1 unspecified atom stereocenters. The lowest BCUT2D eigenvalue weighted by molar-refractivity contribution is 0.123. The van der Waals surface area contributed by atoms with Crippen LogP contribution in [-0.4, -0.2) is 24.0 Å². The molecule has 0 saturated carbocycles. The van der Waals surface area contributed by atoms with Crippen LogP contribution in [-0.2, 0) is 6.54 Å². The molecule has 0 radical (unpaired) electrons. The second-order valence-electron chi connectivity index (χ2n) is 5.85. The van der Waals surface area contributed by atoms with E-state index < -0.39 is 0 Å².